The molecule has 2 aromatic rings. The van der Waals surface area contributed by atoms with Crippen LogP contribution < -0.4 is 11.0 Å². The molecule has 0 bridgehead atoms. The van der Waals surface area contributed by atoms with Gasteiger partial charge in [0.15, 0.2) is 0 Å². The normalized spacial score (nSPS) is 16.6. The highest BCUT2D eigenvalue weighted by atomic mass is 16.1. The van der Waals surface area contributed by atoms with E-state index in [-0.39, 0.29) is 5.69 Å². The fourth-order valence-electron chi connectivity index (χ4n) is 2.50. The Morgan fingerprint density at radius 1 is 1.16 bits per heavy atom. The summed E-state index contributed by atoms with van der Waals surface area (Å²) in [6, 6.07) is 8.08. The van der Waals surface area contributed by atoms with Crippen molar-refractivity contribution in [3.63, 3.8) is 0 Å². The standard InChI is InChI=1S/C14H18N4O/c19-14-16-7-10-18(14)13-4-2-1-3-12(13)11-17-8-5-15-6-9-17/h1-4,7,10,15H,5-6,8-9,11H2,(H,16,19). The van der Waals surface area contributed by atoms with E-state index in [0.717, 1.165) is 38.4 Å². The van der Waals surface area contributed by atoms with Crippen LogP contribution in [-0.2, 0) is 6.54 Å². The SMILES string of the molecule is O=c1[nH]ccn1-c1ccccc1CN1CCNCC1. The summed E-state index contributed by atoms with van der Waals surface area (Å²) in [6.07, 6.45) is 3.45. The highest BCUT2D eigenvalue weighted by Gasteiger charge is 2.13. The van der Waals surface area contributed by atoms with Crippen LogP contribution in [0.4, 0.5) is 0 Å². The lowest BCUT2D eigenvalue weighted by Gasteiger charge is -2.27. The molecule has 0 amide bonds. The third-order valence-corrected chi connectivity index (χ3v) is 3.50. The maximum atomic E-state index is 11.7. The molecule has 0 atom stereocenters. The second kappa shape index (κ2) is 5.42. The van der Waals surface area contributed by atoms with Crippen molar-refractivity contribution in [3.8, 4) is 5.69 Å². The molecule has 0 unspecified atom stereocenters. The zero-order chi connectivity index (χ0) is 13.1. The summed E-state index contributed by atoms with van der Waals surface area (Å²) in [4.78, 5) is 16.8. The van der Waals surface area contributed by atoms with Crippen LogP contribution in [0.5, 0.6) is 0 Å². The number of aromatic amines is 1. The van der Waals surface area contributed by atoms with Gasteiger partial charge in [-0.3, -0.25) is 9.47 Å². The van der Waals surface area contributed by atoms with Crippen LogP contribution in [-0.4, -0.2) is 40.6 Å². The molecule has 2 N–H and O–H groups in total. The quantitative estimate of drug-likeness (QED) is 0.846. The number of nitrogens with zero attached hydrogens (tertiary/aromatic N) is 2. The number of nitrogens with one attached hydrogen (secondary N) is 2. The van der Waals surface area contributed by atoms with Gasteiger partial charge in [-0.2, -0.15) is 0 Å². The molecule has 0 aliphatic carbocycles. The van der Waals surface area contributed by atoms with Crippen molar-refractivity contribution in [2.75, 3.05) is 26.2 Å². The molecule has 1 aliphatic heterocycles. The summed E-state index contributed by atoms with van der Waals surface area (Å²) in [5, 5.41) is 3.35. The zero-order valence-electron chi connectivity index (χ0n) is 10.8. The number of imidazole rings is 1. The molecule has 5 heteroatoms. The summed E-state index contributed by atoms with van der Waals surface area (Å²) in [5.41, 5.74) is 2.06. The summed E-state index contributed by atoms with van der Waals surface area (Å²) >= 11 is 0. The van der Waals surface area contributed by atoms with E-state index >= 15 is 0 Å². The Kier molecular flexibility index (Phi) is 3.48. The number of H-pyrrole nitrogens is 1. The highest BCUT2D eigenvalue weighted by Crippen LogP contribution is 2.15. The van der Waals surface area contributed by atoms with E-state index in [2.05, 4.69) is 21.3 Å². The molecule has 1 aromatic carbocycles. The maximum absolute atomic E-state index is 11.7. The van der Waals surface area contributed by atoms with Gasteiger partial charge < -0.3 is 10.3 Å². The van der Waals surface area contributed by atoms with Crippen LogP contribution in [0.1, 0.15) is 5.56 Å². The van der Waals surface area contributed by atoms with Gasteiger partial charge >= 0.3 is 5.69 Å². The molecule has 0 spiro atoms. The van der Waals surface area contributed by atoms with Crippen LogP contribution in [0.2, 0.25) is 0 Å². The Balaban J connectivity index is 1.89. The Morgan fingerprint density at radius 3 is 2.68 bits per heavy atom. The minimum absolute atomic E-state index is 0.0900. The Bertz CT molecular complexity index is 595. The predicted molar refractivity (Wildman–Crippen MR) is 74.5 cm³/mol. The summed E-state index contributed by atoms with van der Waals surface area (Å²) in [6.45, 7) is 5.06. The molecule has 0 saturated carbocycles. The minimum Gasteiger partial charge on any atom is -0.314 e. The molecular weight excluding hydrogens is 240 g/mol. The number of aromatic nitrogens is 2. The zero-order valence-corrected chi connectivity index (χ0v) is 10.8. The average molecular weight is 258 g/mol. The number of hydrogen-bond acceptors (Lipinski definition) is 3. The van der Waals surface area contributed by atoms with Gasteiger partial charge in [-0.1, -0.05) is 18.2 Å². The molecule has 5 nitrogen and oxygen atoms in total. The number of rotatable bonds is 3. The molecule has 100 valence electrons. The molecule has 1 aliphatic rings. The smallest absolute Gasteiger partial charge is 0.314 e. The van der Waals surface area contributed by atoms with Crippen molar-refractivity contribution in [2.24, 2.45) is 0 Å². The number of benzene rings is 1. The molecule has 1 saturated heterocycles. The second-order valence-corrected chi connectivity index (χ2v) is 4.79. The van der Waals surface area contributed by atoms with Crippen LogP contribution >= 0.6 is 0 Å². The molecular formula is C14H18N4O. The largest absolute Gasteiger partial charge is 0.330 e. The van der Waals surface area contributed by atoms with Crippen LogP contribution in [0.15, 0.2) is 41.5 Å². The lowest BCUT2D eigenvalue weighted by molar-refractivity contribution is 0.233. The van der Waals surface area contributed by atoms with Gasteiger partial charge in [0.25, 0.3) is 0 Å². The van der Waals surface area contributed by atoms with Crippen molar-refractivity contribution >= 4 is 0 Å². The van der Waals surface area contributed by atoms with Gasteiger partial charge in [-0.05, 0) is 11.6 Å². The molecule has 0 radical (unpaired) electrons. The maximum Gasteiger partial charge on any atom is 0.330 e. The molecule has 19 heavy (non-hydrogen) atoms. The van der Waals surface area contributed by atoms with E-state index in [9.17, 15) is 4.79 Å². The van der Waals surface area contributed by atoms with Crippen molar-refractivity contribution in [1.29, 1.82) is 0 Å². The van der Waals surface area contributed by atoms with Gasteiger partial charge in [0.1, 0.15) is 0 Å². The molecule has 1 aromatic heterocycles. The van der Waals surface area contributed by atoms with Crippen molar-refractivity contribution < 1.29 is 0 Å². The van der Waals surface area contributed by atoms with Crippen molar-refractivity contribution in [2.45, 2.75) is 6.54 Å². The number of para-hydroxylation sites is 1. The topological polar surface area (TPSA) is 53.1 Å². The second-order valence-electron chi connectivity index (χ2n) is 4.79. The monoisotopic (exact) mass is 258 g/mol. The molecule has 3 rings (SSSR count). The van der Waals surface area contributed by atoms with E-state index in [1.54, 1.807) is 17.0 Å². The lowest BCUT2D eigenvalue weighted by Crippen LogP contribution is -2.43. The van der Waals surface area contributed by atoms with Crippen LogP contribution in [0.25, 0.3) is 5.69 Å². The lowest BCUT2D eigenvalue weighted by atomic mass is 10.1. The van der Waals surface area contributed by atoms with Gasteiger partial charge in [-0.25, -0.2) is 4.79 Å². The van der Waals surface area contributed by atoms with Crippen molar-refractivity contribution in [1.82, 2.24) is 19.8 Å². The van der Waals surface area contributed by atoms with E-state index < -0.39 is 0 Å². The van der Waals surface area contributed by atoms with Gasteiger partial charge in [0.05, 0.1) is 5.69 Å². The fourth-order valence-corrected chi connectivity index (χ4v) is 2.50. The van der Waals surface area contributed by atoms with Crippen LogP contribution in [0, 0.1) is 0 Å². The van der Waals surface area contributed by atoms with E-state index in [4.69, 9.17) is 0 Å². The van der Waals surface area contributed by atoms with Gasteiger partial charge in [0, 0.05) is 45.1 Å². The third kappa shape index (κ3) is 2.62. The first kappa shape index (κ1) is 12.2. The van der Waals surface area contributed by atoms with Gasteiger partial charge in [0.2, 0.25) is 0 Å². The predicted octanol–water partition coefficient (Wildman–Crippen LogP) is 0.571. The Labute approximate surface area is 111 Å². The average Bonchev–Trinajstić information content (AvgIpc) is 2.87. The minimum atomic E-state index is -0.0900. The highest BCUT2D eigenvalue weighted by molar-refractivity contribution is 5.40. The third-order valence-electron chi connectivity index (χ3n) is 3.50. The first-order valence-corrected chi connectivity index (χ1v) is 6.62. The van der Waals surface area contributed by atoms with E-state index in [0.29, 0.717) is 0 Å². The Hall–Kier alpha value is -1.85. The molecule has 2 heterocycles. The van der Waals surface area contributed by atoms with E-state index in [1.807, 2.05) is 18.2 Å². The first-order chi connectivity index (χ1) is 9.34. The first-order valence-electron chi connectivity index (χ1n) is 6.62. The fraction of sp³-hybridized carbons (Fsp3) is 0.357. The molecule has 1 fully saturated rings. The number of hydrogen-bond donors (Lipinski definition) is 2. The summed E-state index contributed by atoms with van der Waals surface area (Å²) in [5.74, 6) is 0. The van der Waals surface area contributed by atoms with Gasteiger partial charge in [-0.15, -0.1) is 0 Å². The number of piperazine rings is 1. The summed E-state index contributed by atoms with van der Waals surface area (Å²) < 4.78 is 1.66. The van der Waals surface area contributed by atoms with Crippen LogP contribution in [0.3, 0.4) is 0 Å². The Morgan fingerprint density at radius 2 is 1.95 bits per heavy atom. The van der Waals surface area contributed by atoms with E-state index in [1.165, 1.54) is 5.56 Å². The summed E-state index contributed by atoms with van der Waals surface area (Å²) in [7, 11) is 0. The van der Waals surface area contributed by atoms with Crippen molar-refractivity contribution in [3.05, 3.63) is 52.7 Å².